The van der Waals surface area contributed by atoms with Crippen LogP contribution in [0.15, 0.2) is 12.3 Å². The van der Waals surface area contributed by atoms with E-state index in [4.69, 9.17) is 4.74 Å². The number of nitrogens with zero attached hydrogens (tertiary/aromatic N) is 2. The Hall–Kier alpha value is -0.870. The van der Waals surface area contributed by atoms with E-state index in [1.807, 2.05) is 13.8 Å². The molecular weight excluding hydrogens is 168 g/mol. The number of hydrogen-bond donors (Lipinski definition) is 1. The van der Waals surface area contributed by atoms with Crippen molar-refractivity contribution < 1.29 is 9.84 Å². The summed E-state index contributed by atoms with van der Waals surface area (Å²) < 4.78 is 6.94. The first-order valence-electron chi connectivity index (χ1n) is 4.39. The minimum Gasteiger partial charge on any atom is -0.384 e. The van der Waals surface area contributed by atoms with Gasteiger partial charge in [0.25, 0.3) is 0 Å². The number of rotatable bonds is 4. The summed E-state index contributed by atoms with van der Waals surface area (Å²) in [5, 5.41) is 13.6. The van der Waals surface area contributed by atoms with Crippen LogP contribution in [0.3, 0.4) is 0 Å². The Morgan fingerprint density at radius 2 is 2.31 bits per heavy atom. The van der Waals surface area contributed by atoms with Gasteiger partial charge in [-0.2, -0.15) is 5.10 Å². The third-order valence-corrected chi connectivity index (χ3v) is 1.79. The highest BCUT2D eigenvalue weighted by Gasteiger charge is 2.11. The fourth-order valence-electron chi connectivity index (χ4n) is 1.08. The molecule has 0 saturated heterocycles. The highest BCUT2D eigenvalue weighted by molar-refractivity contribution is 5.03. The van der Waals surface area contributed by atoms with E-state index in [2.05, 4.69) is 5.10 Å². The number of aryl methyl sites for hydroxylation is 1. The zero-order chi connectivity index (χ0) is 9.84. The lowest BCUT2D eigenvalue weighted by Gasteiger charge is -2.13. The zero-order valence-corrected chi connectivity index (χ0v) is 8.27. The van der Waals surface area contributed by atoms with Crippen molar-refractivity contribution in [3.8, 4) is 0 Å². The largest absolute Gasteiger partial charge is 0.384 e. The Morgan fingerprint density at radius 3 is 2.77 bits per heavy atom. The molecule has 0 aliphatic rings. The van der Waals surface area contributed by atoms with Crippen LogP contribution < -0.4 is 0 Å². The molecule has 0 fully saturated rings. The molecule has 0 spiro atoms. The molecule has 0 radical (unpaired) electrons. The molecule has 74 valence electrons. The summed E-state index contributed by atoms with van der Waals surface area (Å²) in [7, 11) is 1.80. The van der Waals surface area contributed by atoms with Gasteiger partial charge in [0, 0.05) is 13.2 Å². The molecule has 1 aromatic rings. The highest BCUT2D eigenvalue weighted by atomic mass is 16.5. The summed E-state index contributed by atoms with van der Waals surface area (Å²) in [4.78, 5) is 0. The van der Waals surface area contributed by atoms with Gasteiger partial charge in [-0.15, -0.1) is 0 Å². The Balaban J connectivity index is 2.49. The van der Waals surface area contributed by atoms with Gasteiger partial charge in [-0.25, -0.2) is 0 Å². The maximum atomic E-state index is 9.65. The number of aliphatic hydroxyl groups excluding tert-OH is 1. The second-order valence-electron chi connectivity index (χ2n) is 3.28. The minimum atomic E-state index is -0.588. The fraction of sp³-hybridized carbons (Fsp3) is 0.667. The first-order valence-corrected chi connectivity index (χ1v) is 4.39. The fourth-order valence-corrected chi connectivity index (χ4v) is 1.08. The van der Waals surface area contributed by atoms with Crippen molar-refractivity contribution in [1.82, 2.24) is 9.78 Å². The highest BCUT2D eigenvalue weighted by Crippen LogP contribution is 2.11. The summed E-state index contributed by atoms with van der Waals surface area (Å²) in [6.45, 7) is 4.20. The molecule has 0 saturated carbocycles. The molecule has 0 amide bonds. The van der Waals surface area contributed by atoms with Crippen LogP contribution in [0.1, 0.15) is 25.6 Å². The third-order valence-electron chi connectivity index (χ3n) is 1.79. The van der Waals surface area contributed by atoms with Gasteiger partial charge in [-0.1, -0.05) is 0 Å². The van der Waals surface area contributed by atoms with Gasteiger partial charge in [-0.05, 0) is 19.9 Å². The molecule has 1 atom stereocenters. The van der Waals surface area contributed by atoms with Gasteiger partial charge in [0.15, 0.2) is 0 Å². The summed E-state index contributed by atoms with van der Waals surface area (Å²) in [6, 6.07) is 1.79. The van der Waals surface area contributed by atoms with Crippen molar-refractivity contribution in [2.75, 3.05) is 6.61 Å². The van der Waals surface area contributed by atoms with Crippen LogP contribution in [0.2, 0.25) is 0 Å². The molecule has 1 N–H and O–H groups in total. The molecule has 1 unspecified atom stereocenters. The molecule has 1 heterocycles. The van der Waals surface area contributed by atoms with E-state index in [0.717, 1.165) is 5.69 Å². The third kappa shape index (κ3) is 2.82. The van der Waals surface area contributed by atoms with Crippen LogP contribution in [0.25, 0.3) is 0 Å². The van der Waals surface area contributed by atoms with Crippen LogP contribution in [0.4, 0.5) is 0 Å². The Labute approximate surface area is 78.1 Å². The molecule has 0 aliphatic carbocycles. The normalized spacial score (nSPS) is 13.6. The standard InChI is InChI=1S/C9H16N2O2/c1-7(2)13-6-9(12)8-4-5-10-11(8)3/h4-5,7,9,12H,6H2,1-3H3. The van der Waals surface area contributed by atoms with Crippen molar-refractivity contribution in [3.05, 3.63) is 18.0 Å². The second kappa shape index (κ2) is 4.39. The van der Waals surface area contributed by atoms with Gasteiger partial charge in [-0.3, -0.25) is 4.68 Å². The predicted molar refractivity (Wildman–Crippen MR) is 49.3 cm³/mol. The first kappa shape index (κ1) is 10.2. The molecule has 13 heavy (non-hydrogen) atoms. The number of ether oxygens (including phenoxy) is 1. The molecule has 0 aliphatic heterocycles. The lowest BCUT2D eigenvalue weighted by Crippen LogP contribution is -2.14. The van der Waals surface area contributed by atoms with Crippen LogP contribution in [0, 0.1) is 0 Å². The van der Waals surface area contributed by atoms with E-state index < -0.39 is 6.10 Å². The van der Waals surface area contributed by atoms with Crippen LogP contribution in [0.5, 0.6) is 0 Å². The average molecular weight is 184 g/mol. The molecule has 4 heteroatoms. The quantitative estimate of drug-likeness (QED) is 0.755. The summed E-state index contributed by atoms with van der Waals surface area (Å²) in [5.41, 5.74) is 0.778. The Kier molecular flexibility index (Phi) is 3.45. The van der Waals surface area contributed by atoms with E-state index >= 15 is 0 Å². The smallest absolute Gasteiger partial charge is 0.119 e. The lowest BCUT2D eigenvalue weighted by molar-refractivity contribution is 0.00184. The van der Waals surface area contributed by atoms with Crippen molar-refractivity contribution in [1.29, 1.82) is 0 Å². The van der Waals surface area contributed by atoms with Crippen LogP contribution in [-0.4, -0.2) is 27.6 Å². The van der Waals surface area contributed by atoms with E-state index in [1.54, 1.807) is 24.0 Å². The molecule has 1 rings (SSSR count). The van der Waals surface area contributed by atoms with Crippen molar-refractivity contribution >= 4 is 0 Å². The second-order valence-corrected chi connectivity index (χ2v) is 3.28. The lowest BCUT2D eigenvalue weighted by atomic mass is 10.2. The molecular formula is C9H16N2O2. The predicted octanol–water partition coefficient (Wildman–Crippen LogP) is 0.879. The van der Waals surface area contributed by atoms with Gasteiger partial charge < -0.3 is 9.84 Å². The van der Waals surface area contributed by atoms with Crippen LogP contribution in [-0.2, 0) is 11.8 Å². The van der Waals surface area contributed by atoms with E-state index in [-0.39, 0.29) is 6.10 Å². The monoisotopic (exact) mass is 184 g/mol. The number of hydrogen-bond acceptors (Lipinski definition) is 3. The van der Waals surface area contributed by atoms with Gasteiger partial charge in [0.2, 0.25) is 0 Å². The average Bonchev–Trinajstić information content (AvgIpc) is 2.47. The zero-order valence-electron chi connectivity index (χ0n) is 8.27. The minimum absolute atomic E-state index is 0.142. The van der Waals surface area contributed by atoms with Gasteiger partial charge >= 0.3 is 0 Å². The van der Waals surface area contributed by atoms with Crippen molar-refractivity contribution in [3.63, 3.8) is 0 Å². The van der Waals surface area contributed by atoms with E-state index in [9.17, 15) is 5.11 Å². The molecule has 0 bridgehead atoms. The van der Waals surface area contributed by atoms with Gasteiger partial charge in [0.1, 0.15) is 6.10 Å². The SMILES string of the molecule is CC(C)OCC(O)c1ccnn1C. The first-order chi connectivity index (χ1) is 6.11. The maximum absolute atomic E-state index is 9.65. The Morgan fingerprint density at radius 1 is 1.62 bits per heavy atom. The van der Waals surface area contributed by atoms with Gasteiger partial charge in [0.05, 0.1) is 18.4 Å². The molecule has 0 aromatic carbocycles. The number of aliphatic hydroxyl groups is 1. The molecule has 1 aromatic heterocycles. The maximum Gasteiger partial charge on any atom is 0.119 e. The number of aromatic nitrogens is 2. The van der Waals surface area contributed by atoms with Crippen LogP contribution >= 0.6 is 0 Å². The van der Waals surface area contributed by atoms with E-state index in [0.29, 0.717) is 6.61 Å². The summed E-state index contributed by atoms with van der Waals surface area (Å²) in [6.07, 6.45) is 1.21. The Bertz CT molecular complexity index is 258. The van der Waals surface area contributed by atoms with Crippen molar-refractivity contribution in [2.24, 2.45) is 7.05 Å². The summed E-state index contributed by atoms with van der Waals surface area (Å²) >= 11 is 0. The van der Waals surface area contributed by atoms with Crippen molar-refractivity contribution in [2.45, 2.75) is 26.1 Å². The summed E-state index contributed by atoms with van der Waals surface area (Å²) in [5.74, 6) is 0. The molecule has 4 nitrogen and oxygen atoms in total. The van der Waals surface area contributed by atoms with E-state index in [1.165, 1.54) is 0 Å². The topological polar surface area (TPSA) is 47.3 Å².